The summed E-state index contributed by atoms with van der Waals surface area (Å²) < 4.78 is 66.4. The number of methoxy groups -OCH3 is 2. The summed E-state index contributed by atoms with van der Waals surface area (Å²) in [6, 6.07) is 15.0. The highest BCUT2D eigenvalue weighted by Crippen LogP contribution is 2.36. The maximum absolute atomic E-state index is 13.2. The summed E-state index contributed by atoms with van der Waals surface area (Å²) in [5.74, 6) is 0.673. The molecule has 0 atom stereocenters. The van der Waals surface area contributed by atoms with E-state index in [1.165, 1.54) is 67.1 Å². The third-order valence-electron chi connectivity index (χ3n) is 5.26. The van der Waals surface area contributed by atoms with Crippen LogP contribution in [0, 0.1) is 0 Å². The van der Waals surface area contributed by atoms with E-state index in [9.17, 15) is 16.8 Å². The molecule has 0 saturated carbocycles. The molecule has 3 aromatic carbocycles. The van der Waals surface area contributed by atoms with Crippen LogP contribution >= 0.6 is 11.6 Å². The lowest BCUT2D eigenvalue weighted by atomic mass is 10.1. The first-order chi connectivity index (χ1) is 15.7. The summed E-state index contributed by atoms with van der Waals surface area (Å²) in [5, 5.41) is 0.433. The molecular weight excluding hydrogens is 488 g/mol. The van der Waals surface area contributed by atoms with Gasteiger partial charge in [0.25, 0.3) is 20.0 Å². The molecule has 174 valence electrons. The van der Waals surface area contributed by atoms with Crippen LogP contribution < -0.4 is 18.5 Å². The molecule has 0 spiro atoms. The first-order valence-corrected chi connectivity index (χ1v) is 13.1. The van der Waals surface area contributed by atoms with Gasteiger partial charge in [-0.25, -0.2) is 16.8 Å². The van der Waals surface area contributed by atoms with Gasteiger partial charge in [0.05, 0.1) is 35.4 Å². The Labute approximate surface area is 197 Å². The van der Waals surface area contributed by atoms with Crippen LogP contribution in [0.2, 0.25) is 5.02 Å². The fourth-order valence-corrected chi connectivity index (χ4v) is 6.28. The van der Waals surface area contributed by atoms with E-state index in [0.29, 0.717) is 22.9 Å². The molecule has 8 nitrogen and oxygen atoms in total. The first-order valence-electron chi connectivity index (χ1n) is 9.82. The van der Waals surface area contributed by atoms with Crippen molar-refractivity contribution in [3.63, 3.8) is 0 Å². The van der Waals surface area contributed by atoms with Gasteiger partial charge in [0.1, 0.15) is 0 Å². The number of halogens is 1. The van der Waals surface area contributed by atoms with Crippen molar-refractivity contribution in [1.29, 1.82) is 0 Å². The van der Waals surface area contributed by atoms with Gasteiger partial charge in [-0.15, -0.1) is 0 Å². The van der Waals surface area contributed by atoms with Crippen LogP contribution in [-0.2, 0) is 26.5 Å². The topological polar surface area (TPSA) is 102 Å². The van der Waals surface area contributed by atoms with Gasteiger partial charge in [-0.3, -0.25) is 9.03 Å². The number of nitrogens with zero attached hydrogens (tertiary/aromatic N) is 1. The molecule has 0 fully saturated rings. The molecular formula is C22H21ClN2O6S2. The summed E-state index contributed by atoms with van der Waals surface area (Å²) in [6.45, 7) is 0.256. The van der Waals surface area contributed by atoms with Crippen molar-refractivity contribution in [2.75, 3.05) is 29.8 Å². The van der Waals surface area contributed by atoms with Crippen molar-refractivity contribution >= 4 is 43.0 Å². The molecule has 1 N–H and O–H groups in total. The maximum atomic E-state index is 13.2. The van der Waals surface area contributed by atoms with Gasteiger partial charge >= 0.3 is 0 Å². The van der Waals surface area contributed by atoms with Crippen molar-refractivity contribution < 1.29 is 26.3 Å². The third kappa shape index (κ3) is 4.46. The number of fused-ring (bicyclic) bond motifs is 1. The zero-order valence-electron chi connectivity index (χ0n) is 17.8. The molecule has 33 heavy (non-hydrogen) atoms. The second kappa shape index (κ2) is 8.77. The number of rotatable bonds is 7. The molecule has 0 amide bonds. The Balaban J connectivity index is 1.65. The lowest BCUT2D eigenvalue weighted by Crippen LogP contribution is -2.29. The van der Waals surface area contributed by atoms with E-state index in [-0.39, 0.29) is 27.8 Å². The number of sulfonamides is 2. The lowest BCUT2D eigenvalue weighted by molar-refractivity contribution is 0.354. The minimum Gasteiger partial charge on any atom is -0.493 e. The summed E-state index contributed by atoms with van der Waals surface area (Å²) in [7, 11) is -4.93. The predicted molar refractivity (Wildman–Crippen MR) is 126 cm³/mol. The third-order valence-corrected chi connectivity index (χ3v) is 8.72. The van der Waals surface area contributed by atoms with Gasteiger partial charge in [-0.2, -0.15) is 0 Å². The number of ether oxygens (including phenoxy) is 2. The van der Waals surface area contributed by atoms with Crippen molar-refractivity contribution in [2.24, 2.45) is 0 Å². The monoisotopic (exact) mass is 508 g/mol. The lowest BCUT2D eigenvalue weighted by Gasteiger charge is -2.20. The van der Waals surface area contributed by atoms with E-state index in [2.05, 4.69) is 4.72 Å². The molecule has 0 unspecified atom stereocenters. The minimum atomic E-state index is -3.97. The molecule has 1 aliphatic rings. The van der Waals surface area contributed by atoms with Crippen LogP contribution in [0.5, 0.6) is 11.5 Å². The molecule has 4 rings (SSSR count). The van der Waals surface area contributed by atoms with E-state index < -0.39 is 20.0 Å². The number of benzene rings is 3. The Morgan fingerprint density at radius 1 is 0.848 bits per heavy atom. The number of hydrogen-bond donors (Lipinski definition) is 1. The summed E-state index contributed by atoms with van der Waals surface area (Å²) >= 11 is 5.88. The average molecular weight is 509 g/mol. The molecule has 0 aliphatic carbocycles. The summed E-state index contributed by atoms with van der Waals surface area (Å²) in [5.41, 5.74) is 1.47. The molecule has 3 aromatic rings. The van der Waals surface area contributed by atoms with Crippen molar-refractivity contribution in [1.82, 2.24) is 0 Å². The molecule has 1 heterocycles. The first kappa shape index (κ1) is 23.2. The fourth-order valence-electron chi connectivity index (χ4n) is 3.59. The Bertz CT molecular complexity index is 1410. The number of anilines is 2. The molecule has 0 aromatic heterocycles. The molecule has 1 aliphatic heterocycles. The normalized spacial score (nSPS) is 13.5. The van der Waals surface area contributed by atoms with Crippen LogP contribution in [-0.4, -0.2) is 37.6 Å². The average Bonchev–Trinajstić information content (AvgIpc) is 3.22. The van der Waals surface area contributed by atoms with Crippen molar-refractivity contribution in [3.05, 3.63) is 71.2 Å². The van der Waals surface area contributed by atoms with E-state index >= 15 is 0 Å². The zero-order valence-corrected chi connectivity index (χ0v) is 20.2. The van der Waals surface area contributed by atoms with Gasteiger partial charge in [0.15, 0.2) is 11.5 Å². The quantitative estimate of drug-likeness (QED) is 0.519. The van der Waals surface area contributed by atoms with Crippen molar-refractivity contribution in [2.45, 2.75) is 16.2 Å². The van der Waals surface area contributed by atoms with Crippen LogP contribution in [0.15, 0.2) is 70.5 Å². The molecule has 11 heteroatoms. The smallest absolute Gasteiger partial charge is 0.264 e. The second-order valence-corrected chi connectivity index (χ2v) is 11.2. The Morgan fingerprint density at radius 3 is 2.18 bits per heavy atom. The van der Waals surface area contributed by atoms with Crippen LogP contribution in [0.3, 0.4) is 0 Å². The Kier molecular flexibility index (Phi) is 6.17. The molecule has 0 radical (unpaired) electrons. The number of hydrogen-bond acceptors (Lipinski definition) is 6. The van der Waals surface area contributed by atoms with Crippen molar-refractivity contribution in [3.8, 4) is 11.5 Å². The SMILES string of the molecule is COc1ccc(S(=O)(=O)Nc2ccc3c(c2)N(S(=O)(=O)c2ccc(Cl)cc2)CC3)cc1OC. The summed E-state index contributed by atoms with van der Waals surface area (Å²) in [6.07, 6.45) is 0.519. The van der Waals surface area contributed by atoms with Crippen LogP contribution in [0.25, 0.3) is 0 Å². The fraction of sp³-hybridized carbons (Fsp3) is 0.182. The van der Waals surface area contributed by atoms with Gasteiger partial charge < -0.3 is 9.47 Å². The van der Waals surface area contributed by atoms with Crippen LogP contribution in [0.4, 0.5) is 11.4 Å². The van der Waals surface area contributed by atoms with E-state index in [4.69, 9.17) is 21.1 Å². The highest BCUT2D eigenvalue weighted by molar-refractivity contribution is 7.93. The predicted octanol–water partition coefficient (Wildman–Crippen LogP) is 3.91. The molecule has 0 bridgehead atoms. The molecule has 0 saturated heterocycles. The van der Waals surface area contributed by atoms with Gasteiger partial charge in [0.2, 0.25) is 0 Å². The Hall–Kier alpha value is -2.95. The maximum Gasteiger partial charge on any atom is 0.264 e. The standard InChI is InChI=1S/C22H21ClN2O6S2/c1-30-21-10-9-19(14-22(21)31-2)32(26,27)24-17-6-3-15-11-12-25(20(15)13-17)33(28,29)18-7-4-16(23)5-8-18/h3-10,13-14,24H,11-12H2,1-2H3. The van der Waals surface area contributed by atoms with E-state index in [0.717, 1.165) is 5.56 Å². The van der Waals surface area contributed by atoms with Gasteiger partial charge in [0, 0.05) is 17.6 Å². The number of nitrogens with one attached hydrogen (secondary N) is 1. The highest BCUT2D eigenvalue weighted by Gasteiger charge is 2.31. The van der Waals surface area contributed by atoms with Gasteiger partial charge in [-0.1, -0.05) is 17.7 Å². The van der Waals surface area contributed by atoms with E-state index in [1.54, 1.807) is 12.1 Å². The highest BCUT2D eigenvalue weighted by atomic mass is 35.5. The minimum absolute atomic E-state index is 0.0220. The Morgan fingerprint density at radius 2 is 1.52 bits per heavy atom. The van der Waals surface area contributed by atoms with Gasteiger partial charge in [-0.05, 0) is 60.5 Å². The van der Waals surface area contributed by atoms with E-state index in [1.807, 2.05) is 0 Å². The van der Waals surface area contributed by atoms with Crippen LogP contribution in [0.1, 0.15) is 5.56 Å². The largest absolute Gasteiger partial charge is 0.493 e. The zero-order chi connectivity index (χ0) is 23.8. The summed E-state index contributed by atoms with van der Waals surface area (Å²) in [4.78, 5) is 0.0855. The second-order valence-electron chi connectivity index (χ2n) is 7.25.